The number of carbonyl (C=O) groups is 1. The number of nitrogens with zero attached hydrogens (tertiary/aromatic N) is 1. The standard InChI is InChI=1S/C9H6F4N2O2/c10-6-2-1-5(3-7(6)16)15-14-4-8(17)9(11,12)13/h1-4,15-16H. The zero-order valence-electron chi connectivity index (χ0n) is 8.12. The average molecular weight is 250 g/mol. The number of carbonyl (C=O) groups excluding carboxylic acids is 1. The van der Waals surface area contributed by atoms with Crippen LogP contribution in [0.1, 0.15) is 0 Å². The lowest BCUT2D eigenvalue weighted by molar-refractivity contribution is -0.162. The number of alkyl halides is 3. The number of anilines is 1. The largest absolute Gasteiger partial charge is 0.505 e. The smallest absolute Gasteiger partial charge is 0.455 e. The number of aromatic hydroxyl groups is 1. The van der Waals surface area contributed by atoms with E-state index in [1.54, 1.807) is 0 Å². The van der Waals surface area contributed by atoms with Crippen molar-refractivity contribution in [2.75, 3.05) is 5.43 Å². The van der Waals surface area contributed by atoms with Crippen LogP contribution in [0, 0.1) is 5.82 Å². The molecule has 1 aromatic carbocycles. The molecule has 0 aliphatic heterocycles. The van der Waals surface area contributed by atoms with Crippen LogP contribution in [0.25, 0.3) is 0 Å². The summed E-state index contributed by atoms with van der Waals surface area (Å²) in [6.07, 6.45) is -4.95. The summed E-state index contributed by atoms with van der Waals surface area (Å²) >= 11 is 0. The molecule has 0 fully saturated rings. The lowest BCUT2D eigenvalue weighted by atomic mass is 10.3. The van der Waals surface area contributed by atoms with Gasteiger partial charge in [0.05, 0.1) is 11.9 Å². The third kappa shape index (κ3) is 3.74. The summed E-state index contributed by atoms with van der Waals surface area (Å²) in [6.45, 7) is 0. The van der Waals surface area contributed by atoms with Crippen LogP contribution < -0.4 is 5.43 Å². The summed E-state index contributed by atoms with van der Waals surface area (Å²) in [7, 11) is 0. The summed E-state index contributed by atoms with van der Waals surface area (Å²) in [5.41, 5.74) is 2.07. The van der Waals surface area contributed by atoms with Gasteiger partial charge < -0.3 is 5.11 Å². The van der Waals surface area contributed by atoms with Crippen molar-refractivity contribution < 1.29 is 27.5 Å². The first-order valence-corrected chi connectivity index (χ1v) is 4.19. The maximum atomic E-state index is 12.6. The van der Waals surface area contributed by atoms with E-state index in [9.17, 15) is 22.4 Å². The Morgan fingerprint density at radius 2 is 2.06 bits per heavy atom. The molecule has 0 saturated heterocycles. The van der Waals surface area contributed by atoms with E-state index in [4.69, 9.17) is 5.11 Å². The first-order valence-electron chi connectivity index (χ1n) is 4.19. The van der Waals surface area contributed by atoms with E-state index in [1.807, 2.05) is 5.43 Å². The Labute approximate surface area is 92.6 Å². The highest BCUT2D eigenvalue weighted by Gasteiger charge is 2.36. The van der Waals surface area contributed by atoms with Gasteiger partial charge in [-0.25, -0.2) is 4.39 Å². The Morgan fingerprint density at radius 1 is 1.41 bits per heavy atom. The average Bonchev–Trinajstić information content (AvgIpc) is 2.22. The predicted octanol–water partition coefficient (Wildman–Crippen LogP) is 2.06. The summed E-state index contributed by atoms with van der Waals surface area (Å²) < 4.78 is 47.8. The highest BCUT2D eigenvalue weighted by Crippen LogP contribution is 2.20. The lowest BCUT2D eigenvalue weighted by Crippen LogP contribution is -2.23. The van der Waals surface area contributed by atoms with Gasteiger partial charge in [-0.15, -0.1) is 0 Å². The van der Waals surface area contributed by atoms with E-state index in [2.05, 4.69) is 5.10 Å². The van der Waals surface area contributed by atoms with Gasteiger partial charge in [0, 0.05) is 6.07 Å². The molecule has 0 atom stereocenters. The number of hydrazone groups is 1. The minimum absolute atomic E-state index is 0.0372. The van der Waals surface area contributed by atoms with Crippen LogP contribution in [0.5, 0.6) is 5.75 Å². The zero-order chi connectivity index (χ0) is 13.1. The quantitative estimate of drug-likeness (QED) is 0.490. The Hall–Kier alpha value is -2.12. The number of hydrogen-bond acceptors (Lipinski definition) is 4. The number of phenols is 1. The minimum atomic E-state index is -4.99. The fraction of sp³-hybridized carbons (Fsp3) is 0.111. The molecular weight excluding hydrogens is 244 g/mol. The summed E-state index contributed by atoms with van der Waals surface area (Å²) in [6, 6.07) is 2.92. The number of halogens is 4. The van der Waals surface area contributed by atoms with Crippen LogP contribution in [-0.4, -0.2) is 23.3 Å². The zero-order valence-corrected chi connectivity index (χ0v) is 8.12. The van der Waals surface area contributed by atoms with Crippen LogP contribution in [0.3, 0.4) is 0 Å². The van der Waals surface area contributed by atoms with Gasteiger partial charge in [-0.05, 0) is 12.1 Å². The monoisotopic (exact) mass is 250 g/mol. The van der Waals surface area contributed by atoms with Crippen molar-refractivity contribution in [2.45, 2.75) is 6.18 Å². The van der Waals surface area contributed by atoms with Crippen LogP contribution in [0.2, 0.25) is 0 Å². The van der Waals surface area contributed by atoms with E-state index >= 15 is 0 Å². The molecule has 0 saturated carbocycles. The molecule has 0 spiro atoms. The van der Waals surface area contributed by atoms with Crippen LogP contribution >= 0.6 is 0 Å². The minimum Gasteiger partial charge on any atom is -0.505 e. The fourth-order valence-corrected chi connectivity index (χ4v) is 0.821. The van der Waals surface area contributed by atoms with E-state index < -0.39 is 23.5 Å². The number of phenolic OH excluding ortho intramolecular Hbond substituents is 1. The third-order valence-electron chi connectivity index (χ3n) is 1.60. The molecule has 4 nitrogen and oxygen atoms in total. The summed E-state index contributed by atoms with van der Waals surface area (Å²) in [5.74, 6) is -3.70. The number of nitrogens with one attached hydrogen (secondary N) is 1. The maximum Gasteiger partial charge on any atom is 0.455 e. The molecule has 0 bridgehead atoms. The molecule has 1 rings (SSSR count). The van der Waals surface area contributed by atoms with Crippen molar-refractivity contribution in [3.05, 3.63) is 24.0 Å². The summed E-state index contributed by atoms with van der Waals surface area (Å²) in [5, 5.41) is 11.9. The Kier molecular flexibility index (Phi) is 3.66. The van der Waals surface area contributed by atoms with Gasteiger partial charge in [0.25, 0.3) is 5.78 Å². The van der Waals surface area contributed by atoms with Crippen molar-refractivity contribution in [3.8, 4) is 5.75 Å². The number of benzene rings is 1. The van der Waals surface area contributed by atoms with Gasteiger partial charge in [0.1, 0.15) is 0 Å². The van der Waals surface area contributed by atoms with E-state index in [0.29, 0.717) is 0 Å². The lowest BCUT2D eigenvalue weighted by Gasteiger charge is -2.02. The predicted molar refractivity (Wildman–Crippen MR) is 51.2 cm³/mol. The van der Waals surface area contributed by atoms with E-state index in [-0.39, 0.29) is 11.9 Å². The van der Waals surface area contributed by atoms with Crippen LogP contribution in [0.15, 0.2) is 23.3 Å². The van der Waals surface area contributed by atoms with Crippen LogP contribution in [0.4, 0.5) is 23.2 Å². The maximum absolute atomic E-state index is 12.6. The van der Waals surface area contributed by atoms with Gasteiger partial charge in [0.2, 0.25) is 0 Å². The Bertz CT molecular complexity index is 457. The molecule has 0 heterocycles. The Balaban J connectivity index is 2.65. The molecule has 0 radical (unpaired) electrons. The van der Waals surface area contributed by atoms with Crippen molar-refractivity contribution in [1.82, 2.24) is 0 Å². The molecule has 17 heavy (non-hydrogen) atoms. The molecule has 0 unspecified atom stereocenters. The fourth-order valence-electron chi connectivity index (χ4n) is 0.821. The van der Waals surface area contributed by atoms with E-state index in [1.165, 1.54) is 0 Å². The third-order valence-corrected chi connectivity index (χ3v) is 1.60. The molecule has 0 aliphatic rings. The molecular formula is C9H6F4N2O2. The molecule has 2 N–H and O–H groups in total. The first kappa shape index (κ1) is 12.9. The topological polar surface area (TPSA) is 61.7 Å². The number of ketones is 1. The van der Waals surface area contributed by atoms with Crippen molar-refractivity contribution >= 4 is 17.7 Å². The molecule has 92 valence electrons. The van der Waals surface area contributed by atoms with Crippen molar-refractivity contribution in [2.24, 2.45) is 5.10 Å². The van der Waals surface area contributed by atoms with Gasteiger partial charge in [0.15, 0.2) is 11.6 Å². The van der Waals surface area contributed by atoms with Gasteiger partial charge in [-0.1, -0.05) is 0 Å². The van der Waals surface area contributed by atoms with Crippen LogP contribution in [-0.2, 0) is 4.79 Å². The Morgan fingerprint density at radius 3 is 2.59 bits per heavy atom. The van der Waals surface area contributed by atoms with Gasteiger partial charge in [-0.3, -0.25) is 10.2 Å². The number of hydrogen-bond donors (Lipinski definition) is 2. The highest BCUT2D eigenvalue weighted by atomic mass is 19.4. The van der Waals surface area contributed by atoms with Gasteiger partial charge in [-0.2, -0.15) is 18.3 Å². The second-order valence-electron chi connectivity index (χ2n) is 2.90. The van der Waals surface area contributed by atoms with Gasteiger partial charge >= 0.3 is 6.18 Å². The second-order valence-corrected chi connectivity index (χ2v) is 2.90. The molecule has 0 aromatic heterocycles. The number of rotatable bonds is 3. The second kappa shape index (κ2) is 4.81. The molecule has 0 aliphatic carbocycles. The highest BCUT2D eigenvalue weighted by molar-refractivity contribution is 6.30. The van der Waals surface area contributed by atoms with E-state index in [0.717, 1.165) is 18.2 Å². The number of Topliss-reactive ketones (excluding diaryl/α,β-unsaturated/α-hetero) is 1. The first-order chi connectivity index (χ1) is 7.80. The molecule has 8 heteroatoms. The summed E-state index contributed by atoms with van der Waals surface area (Å²) in [4.78, 5) is 10.4. The SMILES string of the molecule is O=C(C=NNc1ccc(F)c(O)c1)C(F)(F)F. The van der Waals surface area contributed by atoms with Crippen molar-refractivity contribution in [3.63, 3.8) is 0 Å². The molecule has 0 amide bonds. The van der Waals surface area contributed by atoms with Crippen molar-refractivity contribution in [1.29, 1.82) is 0 Å². The normalized spacial score (nSPS) is 11.8. The molecule has 1 aromatic rings.